The largest absolute Gasteiger partial charge is 0.479 e. The van der Waals surface area contributed by atoms with Crippen LogP contribution in [0, 0.1) is 6.92 Å². The fraction of sp³-hybridized carbons (Fsp3) is 0.500. The monoisotopic (exact) mass is 327 g/mol. The summed E-state index contributed by atoms with van der Waals surface area (Å²) in [5, 5.41) is 0.439. The van der Waals surface area contributed by atoms with Gasteiger partial charge in [0.2, 0.25) is 0 Å². The molecule has 0 aliphatic rings. The maximum absolute atomic E-state index is 12.5. The van der Waals surface area contributed by atoms with Crippen molar-refractivity contribution in [2.75, 3.05) is 13.7 Å². The maximum Gasteiger partial charge on any atom is 0.325 e. The molecule has 1 aromatic carbocycles. The lowest BCUT2D eigenvalue weighted by atomic mass is 10.2. The molecule has 0 aromatic heterocycles. The molecule has 1 amide bonds. The van der Waals surface area contributed by atoms with Crippen molar-refractivity contribution < 1.29 is 19.1 Å². The zero-order valence-electron chi connectivity index (χ0n) is 13.6. The van der Waals surface area contributed by atoms with Gasteiger partial charge < -0.3 is 14.4 Å². The zero-order chi connectivity index (χ0) is 16.9. The first-order valence-corrected chi connectivity index (χ1v) is 7.44. The molecular formula is C16H22ClNO4. The lowest BCUT2D eigenvalue weighted by molar-refractivity contribution is -0.150. The standard InChI is InChI=1S/C16H22ClNO4/c1-10(2)18(9-15(19)21-5)16(20)12(4)22-14-8-11(3)6-7-13(14)17/h6-8,10,12H,9H2,1-5H3. The number of hydrogen-bond acceptors (Lipinski definition) is 4. The van der Waals surface area contributed by atoms with Crippen LogP contribution in [0.15, 0.2) is 18.2 Å². The number of methoxy groups -OCH3 is 1. The Labute approximate surface area is 136 Å². The molecule has 0 N–H and O–H groups in total. The molecule has 0 radical (unpaired) electrons. The Morgan fingerprint density at radius 3 is 2.45 bits per heavy atom. The number of carbonyl (C=O) groups excluding carboxylic acids is 2. The van der Waals surface area contributed by atoms with Gasteiger partial charge in [-0.15, -0.1) is 0 Å². The van der Waals surface area contributed by atoms with Crippen LogP contribution >= 0.6 is 11.6 Å². The van der Waals surface area contributed by atoms with E-state index in [9.17, 15) is 9.59 Å². The van der Waals surface area contributed by atoms with Crippen LogP contribution in [0.1, 0.15) is 26.3 Å². The number of benzene rings is 1. The third-order valence-corrected chi connectivity index (χ3v) is 3.48. The first kappa shape index (κ1) is 18.3. The minimum atomic E-state index is -0.758. The van der Waals surface area contributed by atoms with Crippen molar-refractivity contribution in [1.29, 1.82) is 0 Å². The lowest BCUT2D eigenvalue weighted by Crippen LogP contribution is -2.47. The Bertz CT molecular complexity index is 545. The second kappa shape index (κ2) is 8.03. The van der Waals surface area contributed by atoms with Gasteiger partial charge >= 0.3 is 5.97 Å². The van der Waals surface area contributed by atoms with Crippen LogP contribution in [-0.2, 0) is 14.3 Å². The van der Waals surface area contributed by atoms with Crippen LogP contribution in [0.5, 0.6) is 5.75 Å². The van der Waals surface area contributed by atoms with Crippen LogP contribution < -0.4 is 4.74 Å². The molecule has 0 fully saturated rings. The van der Waals surface area contributed by atoms with Crippen molar-refractivity contribution in [3.05, 3.63) is 28.8 Å². The molecule has 0 aliphatic carbocycles. The van der Waals surface area contributed by atoms with E-state index in [0.29, 0.717) is 10.8 Å². The highest BCUT2D eigenvalue weighted by Crippen LogP contribution is 2.26. The van der Waals surface area contributed by atoms with Gasteiger partial charge in [0.15, 0.2) is 6.10 Å². The summed E-state index contributed by atoms with van der Waals surface area (Å²) in [7, 11) is 1.29. The van der Waals surface area contributed by atoms with Crippen LogP contribution in [0.25, 0.3) is 0 Å². The number of halogens is 1. The summed E-state index contributed by atoms with van der Waals surface area (Å²) < 4.78 is 10.3. The van der Waals surface area contributed by atoms with E-state index in [0.717, 1.165) is 5.56 Å². The fourth-order valence-corrected chi connectivity index (χ4v) is 2.06. The first-order valence-electron chi connectivity index (χ1n) is 7.06. The molecule has 0 aliphatic heterocycles. The van der Waals surface area contributed by atoms with E-state index >= 15 is 0 Å². The average molecular weight is 328 g/mol. The number of aryl methyl sites for hydroxylation is 1. The Hall–Kier alpha value is -1.75. The Kier molecular flexibility index (Phi) is 6.68. The summed E-state index contributed by atoms with van der Waals surface area (Å²) in [5.41, 5.74) is 0.981. The first-order chi connectivity index (χ1) is 10.3. The van der Waals surface area contributed by atoms with Crippen molar-refractivity contribution in [1.82, 2.24) is 4.90 Å². The number of carbonyl (C=O) groups is 2. The molecule has 5 nitrogen and oxygen atoms in total. The van der Waals surface area contributed by atoms with Gasteiger partial charge in [-0.25, -0.2) is 0 Å². The molecule has 1 aromatic rings. The number of nitrogens with zero attached hydrogens (tertiary/aromatic N) is 1. The highest BCUT2D eigenvalue weighted by atomic mass is 35.5. The molecule has 0 saturated heterocycles. The van der Waals surface area contributed by atoms with Gasteiger partial charge in [-0.05, 0) is 45.4 Å². The van der Waals surface area contributed by atoms with Crippen molar-refractivity contribution >= 4 is 23.5 Å². The van der Waals surface area contributed by atoms with Crippen LogP contribution in [0.4, 0.5) is 0 Å². The Balaban J connectivity index is 2.85. The van der Waals surface area contributed by atoms with Gasteiger partial charge in [0, 0.05) is 6.04 Å². The number of esters is 1. The highest BCUT2D eigenvalue weighted by molar-refractivity contribution is 6.32. The van der Waals surface area contributed by atoms with Gasteiger partial charge in [0.25, 0.3) is 5.91 Å². The van der Waals surface area contributed by atoms with Crippen LogP contribution in [0.2, 0.25) is 5.02 Å². The van der Waals surface area contributed by atoms with Crippen molar-refractivity contribution in [3.63, 3.8) is 0 Å². The lowest BCUT2D eigenvalue weighted by Gasteiger charge is -2.28. The molecule has 0 spiro atoms. The number of hydrogen-bond donors (Lipinski definition) is 0. The van der Waals surface area contributed by atoms with E-state index in [1.165, 1.54) is 12.0 Å². The molecule has 122 valence electrons. The predicted octanol–water partition coefficient (Wildman–Crippen LogP) is 2.83. The van der Waals surface area contributed by atoms with Crippen molar-refractivity contribution in [2.45, 2.75) is 39.8 Å². The van der Waals surface area contributed by atoms with Gasteiger partial charge in [-0.2, -0.15) is 0 Å². The Morgan fingerprint density at radius 2 is 1.91 bits per heavy atom. The van der Waals surface area contributed by atoms with E-state index in [1.54, 1.807) is 19.1 Å². The summed E-state index contributed by atoms with van der Waals surface area (Å²) in [5.74, 6) is -0.315. The third-order valence-electron chi connectivity index (χ3n) is 3.17. The number of rotatable bonds is 6. The summed E-state index contributed by atoms with van der Waals surface area (Å²) >= 11 is 6.07. The maximum atomic E-state index is 12.5. The summed E-state index contributed by atoms with van der Waals surface area (Å²) in [4.78, 5) is 25.3. The molecule has 0 saturated carbocycles. The van der Waals surface area contributed by atoms with Crippen molar-refractivity contribution in [3.8, 4) is 5.75 Å². The van der Waals surface area contributed by atoms with Gasteiger partial charge in [-0.1, -0.05) is 17.7 Å². The van der Waals surface area contributed by atoms with E-state index in [4.69, 9.17) is 16.3 Å². The summed E-state index contributed by atoms with van der Waals surface area (Å²) in [6.07, 6.45) is -0.758. The van der Waals surface area contributed by atoms with Gasteiger partial charge in [0.1, 0.15) is 12.3 Å². The molecule has 1 unspecified atom stereocenters. The topological polar surface area (TPSA) is 55.8 Å². The van der Waals surface area contributed by atoms with E-state index in [2.05, 4.69) is 4.74 Å². The fourth-order valence-electron chi connectivity index (χ4n) is 1.89. The van der Waals surface area contributed by atoms with E-state index in [-0.39, 0.29) is 18.5 Å². The van der Waals surface area contributed by atoms with E-state index < -0.39 is 12.1 Å². The SMILES string of the molecule is COC(=O)CN(C(=O)C(C)Oc1cc(C)ccc1Cl)C(C)C. The molecule has 1 atom stereocenters. The number of amides is 1. The van der Waals surface area contributed by atoms with Crippen molar-refractivity contribution in [2.24, 2.45) is 0 Å². The molecule has 0 bridgehead atoms. The van der Waals surface area contributed by atoms with Crippen LogP contribution in [-0.4, -0.2) is 42.6 Å². The smallest absolute Gasteiger partial charge is 0.325 e. The third kappa shape index (κ3) is 4.91. The van der Waals surface area contributed by atoms with Gasteiger partial charge in [0.05, 0.1) is 12.1 Å². The second-order valence-electron chi connectivity index (χ2n) is 5.33. The molecular weight excluding hydrogens is 306 g/mol. The second-order valence-corrected chi connectivity index (χ2v) is 5.74. The van der Waals surface area contributed by atoms with E-state index in [1.807, 2.05) is 26.8 Å². The van der Waals surface area contributed by atoms with Gasteiger partial charge in [-0.3, -0.25) is 9.59 Å². The average Bonchev–Trinajstić information content (AvgIpc) is 2.47. The summed E-state index contributed by atoms with van der Waals surface area (Å²) in [6, 6.07) is 5.20. The zero-order valence-corrected chi connectivity index (χ0v) is 14.3. The van der Waals surface area contributed by atoms with Crippen LogP contribution in [0.3, 0.4) is 0 Å². The minimum Gasteiger partial charge on any atom is -0.479 e. The molecule has 1 rings (SSSR count). The number of ether oxygens (including phenoxy) is 2. The molecule has 22 heavy (non-hydrogen) atoms. The predicted molar refractivity (Wildman–Crippen MR) is 85.1 cm³/mol. The normalized spacial score (nSPS) is 12.0. The molecule has 6 heteroatoms. The summed E-state index contributed by atoms with van der Waals surface area (Å²) in [6.45, 7) is 7.09. The minimum absolute atomic E-state index is 0.109. The Morgan fingerprint density at radius 1 is 1.27 bits per heavy atom. The molecule has 0 heterocycles. The quantitative estimate of drug-likeness (QED) is 0.754. The highest BCUT2D eigenvalue weighted by Gasteiger charge is 2.27.